The molecule has 21 heavy (non-hydrogen) atoms. The van der Waals surface area contributed by atoms with Gasteiger partial charge in [-0.2, -0.15) is 0 Å². The third-order valence-corrected chi connectivity index (χ3v) is 3.28. The van der Waals surface area contributed by atoms with Crippen molar-refractivity contribution in [1.82, 2.24) is 5.32 Å². The van der Waals surface area contributed by atoms with Crippen LogP contribution >= 0.6 is 0 Å². The lowest BCUT2D eigenvalue weighted by molar-refractivity contribution is -0.142. The van der Waals surface area contributed by atoms with E-state index in [9.17, 15) is 19.8 Å². The minimum Gasteiger partial charge on any atom is -0.508 e. The van der Waals surface area contributed by atoms with Crippen LogP contribution in [0.3, 0.4) is 0 Å². The summed E-state index contributed by atoms with van der Waals surface area (Å²) in [5.74, 6) is -1.67. The number of phenols is 1. The number of rotatable bonds is 8. The standard InChI is InChI=1S/C15H22N2O4/c1-2-3-11(9-16)14(19)17-13(15(20)21)8-10-4-6-12(18)7-5-10/h4-7,11,13,18H,2-3,8-9,16H2,1H3,(H,17,19)(H,20,21)/t11?,13-/m1/s1. The Hall–Kier alpha value is -2.08. The molecule has 0 heterocycles. The normalized spacial score (nSPS) is 13.4. The zero-order valence-electron chi connectivity index (χ0n) is 12.1. The van der Waals surface area contributed by atoms with Gasteiger partial charge in [0.25, 0.3) is 0 Å². The van der Waals surface area contributed by atoms with Crippen molar-refractivity contribution < 1.29 is 19.8 Å². The van der Waals surface area contributed by atoms with Crippen molar-refractivity contribution >= 4 is 11.9 Å². The van der Waals surface area contributed by atoms with E-state index in [1.165, 1.54) is 12.1 Å². The summed E-state index contributed by atoms with van der Waals surface area (Å²) in [4.78, 5) is 23.3. The van der Waals surface area contributed by atoms with Crippen LogP contribution in [0.25, 0.3) is 0 Å². The highest BCUT2D eigenvalue weighted by atomic mass is 16.4. The highest BCUT2D eigenvalue weighted by Gasteiger charge is 2.24. The summed E-state index contributed by atoms with van der Waals surface area (Å²) in [5, 5.41) is 21.0. The topological polar surface area (TPSA) is 113 Å². The molecule has 0 radical (unpaired) electrons. The fraction of sp³-hybridized carbons (Fsp3) is 0.467. The summed E-state index contributed by atoms with van der Waals surface area (Å²) in [7, 11) is 0. The Morgan fingerprint density at radius 3 is 2.38 bits per heavy atom. The third kappa shape index (κ3) is 5.43. The van der Waals surface area contributed by atoms with Crippen LogP contribution in [0.1, 0.15) is 25.3 Å². The van der Waals surface area contributed by atoms with Crippen molar-refractivity contribution in [2.24, 2.45) is 11.7 Å². The molecular formula is C15H22N2O4. The molecule has 0 saturated carbocycles. The summed E-state index contributed by atoms with van der Waals surface area (Å²) in [6, 6.07) is 5.22. The van der Waals surface area contributed by atoms with Crippen LogP contribution in [0.5, 0.6) is 5.75 Å². The third-order valence-electron chi connectivity index (χ3n) is 3.28. The molecule has 0 spiro atoms. The van der Waals surface area contributed by atoms with Crippen LogP contribution in [-0.2, 0) is 16.0 Å². The maximum absolute atomic E-state index is 12.0. The van der Waals surface area contributed by atoms with Crippen molar-refractivity contribution in [2.45, 2.75) is 32.2 Å². The number of carbonyl (C=O) groups excluding carboxylic acids is 1. The predicted molar refractivity (Wildman–Crippen MR) is 78.8 cm³/mol. The van der Waals surface area contributed by atoms with Gasteiger partial charge in [0.15, 0.2) is 0 Å². The molecule has 116 valence electrons. The molecule has 1 aromatic carbocycles. The number of hydrogen-bond donors (Lipinski definition) is 4. The van der Waals surface area contributed by atoms with Gasteiger partial charge in [-0.3, -0.25) is 4.79 Å². The first kappa shape index (κ1) is 17.0. The van der Waals surface area contributed by atoms with Gasteiger partial charge in [0.1, 0.15) is 11.8 Å². The zero-order chi connectivity index (χ0) is 15.8. The van der Waals surface area contributed by atoms with Crippen molar-refractivity contribution in [3.05, 3.63) is 29.8 Å². The Bertz CT molecular complexity index is 473. The molecule has 0 aliphatic rings. The number of phenolic OH excluding ortho intramolecular Hbond substituents is 1. The molecule has 6 nitrogen and oxygen atoms in total. The van der Waals surface area contributed by atoms with E-state index in [2.05, 4.69) is 5.32 Å². The van der Waals surface area contributed by atoms with Gasteiger partial charge in [-0.1, -0.05) is 25.5 Å². The summed E-state index contributed by atoms with van der Waals surface area (Å²) < 4.78 is 0. The number of benzene rings is 1. The van der Waals surface area contributed by atoms with E-state index in [-0.39, 0.29) is 30.5 Å². The lowest BCUT2D eigenvalue weighted by Crippen LogP contribution is -2.46. The van der Waals surface area contributed by atoms with E-state index in [0.29, 0.717) is 6.42 Å². The summed E-state index contributed by atoms with van der Waals surface area (Å²) >= 11 is 0. The van der Waals surface area contributed by atoms with Crippen molar-refractivity contribution in [2.75, 3.05) is 6.54 Å². The fourth-order valence-corrected chi connectivity index (χ4v) is 2.06. The summed E-state index contributed by atoms with van der Waals surface area (Å²) in [5.41, 5.74) is 6.27. The van der Waals surface area contributed by atoms with Crippen LogP contribution in [0.2, 0.25) is 0 Å². The lowest BCUT2D eigenvalue weighted by Gasteiger charge is -2.19. The van der Waals surface area contributed by atoms with Crippen molar-refractivity contribution in [3.63, 3.8) is 0 Å². The maximum atomic E-state index is 12.0. The van der Waals surface area contributed by atoms with Crippen LogP contribution in [-0.4, -0.2) is 34.7 Å². The minimum atomic E-state index is -1.09. The second-order valence-electron chi connectivity index (χ2n) is 4.99. The largest absolute Gasteiger partial charge is 0.508 e. The van der Waals surface area contributed by atoms with Gasteiger partial charge < -0.3 is 21.3 Å². The van der Waals surface area contributed by atoms with E-state index >= 15 is 0 Å². The quantitative estimate of drug-likeness (QED) is 0.568. The number of nitrogens with two attached hydrogens (primary N) is 1. The Morgan fingerprint density at radius 2 is 1.90 bits per heavy atom. The van der Waals surface area contributed by atoms with E-state index in [1.54, 1.807) is 12.1 Å². The van der Waals surface area contributed by atoms with Crippen molar-refractivity contribution in [3.8, 4) is 5.75 Å². The van der Waals surface area contributed by atoms with Gasteiger partial charge in [-0.15, -0.1) is 0 Å². The van der Waals surface area contributed by atoms with Gasteiger partial charge in [0.2, 0.25) is 5.91 Å². The Kier molecular flexibility index (Phi) is 6.68. The number of nitrogens with one attached hydrogen (secondary N) is 1. The second kappa shape index (κ2) is 8.26. The highest BCUT2D eigenvalue weighted by molar-refractivity contribution is 5.85. The van der Waals surface area contributed by atoms with Crippen LogP contribution in [0, 0.1) is 5.92 Å². The number of aliphatic carboxylic acids is 1. The fourth-order valence-electron chi connectivity index (χ4n) is 2.06. The highest BCUT2D eigenvalue weighted by Crippen LogP contribution is 2.12. The predicted octanol–water partition coefficient (Wildman–Crippen LogP) is 0.879. The van der Waals surface area contributed by atoms with E-state index in [4.69, 9.17) is 5.73 Å². The number of aromatic hydroxyl groups is 1. The molecule has 5 N–H and O–H groups in total. The van der Waals surface area contributed by atoms with Gasteiger partial charge in [-0.05, 0) is 24.1 Å². The molecule has 0 saturated heterocycles. The number of amides is 1. The molecule has 0 aliphatic heterocycles. The molecule has 1 aromatic rings. The average Bonchev–Trinajstić information content (AvgIpc) is 2.45. The number of carboxylic acid groups (broad SMARTS) is 1. The number of hydrogen-bond acceptors (Lipinski definition) is 4. The molecule has 1 rings (SSSR count). The van der Waals surface area contributed by atoms with E-state index in [0.717, 1.165) is 12.0 Å². The number of carbonyl (C=O) groups is 2. The molecule has 0 aliphatic carbocycles. The number of carboxylic acids is 1. The van der Waals surface area contributed by atoms with Gasteiger partial charge >= 0.3 is 5.97 Å². The Balaban J connectivity index is 2.71. The van der Waals surface area contributed by atoms with Gasteiger partial charge in [-0.25, -0.2) is 4.79 Å². The first-order valence-electron chi connectivity index (χ1n) is 6.99. The molecular weight excluding hydrogens is 272 g/mol. The Labute approximate surface area is 124 Å². The monoisotopic (exact) mass is 294 g/mol. The molecule has 0 fully saturated rings. The van der Waals surface area contributed by atoms with E-state index in [1.807, 2.05) is 6.92 Å². The first-order chi connectivity index (χ1) is 9.97. The lowest BCUT2D eigenvalue weighted by atomic mass is 10.0. The van der Waals surface area contributed by atoms with Gasteiger partial charge in [0.05, 0.1) is 5.92 Å². The van der Waals surface area contributed by atoms with Crippen LogP contribution < -0.4 is 11.1 Å². The van der Waals surface area contributed by atoms with Crippen molar-refractivity contribution in [1.29, 1.82) is 0 Å². The molecule has 1 unspecified atom stereocenters. The smallest absolute Gasteiger partial charge is 0.326 e. The molecule has 1 amide bonds. The first-order valence-corrected chi connectivity index (χ1v) is 6.99. The SMILES string of the molecule is CCCC(CN)C(=O)N[C@H](Cc1ccc(O)cc1)C(=O)O. The molecule has 6 heteroatoms. The molecule has 2 atom stereocenters. The summed E-state index contributed by atoms with van der Waals surface area (Å²) in [6.07, 6.45) is 1.60. The zero-order valence-corrected chi connectivity index (χ0v) is 12.1. The second-order valence-corrected chi connectivity index (χ2v) is 4.99. The molecule has 0 bridgehead atoms. The minimum absolute atomic E-state index is 0.112. The van der Waals surface area contributed by atoms with Gasteiger partial charge in [0, 0.05) is 13.0 Å². The Morgan fingerprint density at radius 1 is 1.29 bits per heavy atom. The molecule has 0 aromatic heterocycles. The van der Waals surface area contributed by atoms with Crippen LogP contribution in [0.15, 0.2) is 24.3 Å². The maximum Gasteiger partial charge on any atom is 0.326 e. The van der Waals surface area contributed by atoms with E-state index < -0.39 is 12.0 Å². The summed E-state index contributed by atoms with van der Waals surface area (Å²) in [6.45, 7) is 2.15. The van der Waals surface area contributed by atoms with Crippen LogP contribution in [0.4, 0.5) is 0 Å². The average molecular weight is 294 g/mol.